The van der Waals surface area contributed by atoms with Gasteiger partial charge in [-0.25, -0.2) is 9.97 Å². The maximum absolute atomic E-state index is 10.7. The van der Waals surface area contributed by atoms with Crippen molar-refractivity contribution in [2.24, 2.45) is 0 Å². The van der Waals surface area contributed by atoms with Gasteiger partial charge in [0.2, 0.25) is 11.7 Å². The van der Waals surface area contributed by atoms with E-state index in [9.17, 15) is 10.1 Å². The van der Waals surface area contributed by atoms with Crippen LogP contribution in [0.2, 0.25) is 0 Å². The van der Waals surface area contributed by atoms with Crippen LogP contribution in [0.1, 0.15) is 5.89 Å². The third-order valence-electron chi connectivity index (χ3n) is 3.23. The Kier molecular flexibility index (Phi) is 4.80. The molecule has 0 spiro atoms. The Morgan fingerprint density at radius 2 is 2.04 bits per heavy atom. The van der Waals surface area contributed by atoms with Gasteiger partial charge in [0.25, 0.3) is 0 Å². The minimum Gasteiger partial charge on any atom is -0.497 e. The first-order chi connectivity index (χ1) is 12.1. The van der Waals surface area contributed by atoms with E-state index in [-0.39, 0.29) is 11.5 Å². The van der Waals surface area contributed by atoms with Crippen LogP contribution < -0.4 is 10.5 Å². The average Bonchev–Trinajstić information content (AvgIpc) is 3.09. The molecule has 0 saturated heterocycles. The first-order valence-electron chi connectivity index (χ1n) is 7.05. The van der Waals surface area contributed by atoms with Gasteiger partial charge < -0.3 is 14.9 Å². The number of hydrogen-bond acceptors (Lipinski definition) is 9. The van der Waals surface area contributed by atoms with Gasteiger partial charge in [-0.05, 0) is 24.3 Å². The van der Waals surface area contributed by atoms with E-state index in [2.05, 4.69) is 15.0 Å². The molecule has 0 radical (unpaired) electrons. The Hall–Kier alpha value is -3.14. The van der Waals surface area contributed by atoms with Crippen molar-refractivity contribution in [2.45, 2.75) is 10.9 Å². The second-order valence-electron chi connectivity index (χ2n) is 4.82. The standard InChI is InChI=1S/C15H13N5O4S/c1-23-10-4-2-9(3-5-10)12-7-17-13(24-12)8-25-15-18-6-11(20(21)22)14(16)19-15/h2-7H,8H2,1H3,(H2,16,18,19). The summed E-state index contributed by atoms with van der Waals surface area (Å²) in [7, 11) is 1.60. The van der Waals surface area contributed by atoms with Crippen LogP contribution in [0.4, 0.5) is 11.5 Å². The molecule has 0 aliphatic rings. The van der Waals surface area contributed by atoms with Crippen LogP contribution in [0.25, 0.3) is 11.3 Å². The van der Waals surface area contributed by atoms with Gasteiger partial charge in [0.15, 0.2) is 10.9 Å². The minimum atomic E-state index is -0.626. The number of hydrogen-bond donors (Lipinski definition) is 1. The van der Waals surface area contributed by atoms with Crippen molar-refractivity contribution in [3.05, 3.63) is 52.7 Å². The highest BCUT2D eigenvalue weighted by atomic mass is 32.2. The highest BCUT2D eigenvalue weighted by Gasteiger charge is 2.15. The molecule has 0 saturated carbocycles. The molecular weight excluding hydrogens is 346 g/mol. The SMILES string of the molecule is COc1ccc(-c2cnc(CSc3ncc([N+](=O)[O-])c(N)n3)o2)cc1. The highest BCUT2D eigenvalue weighted by molar-refractivity contribution is 7.98. The fourth-order valence-corrected chi connectivity index (χ4v) is 2.65. The molecule has 3 aromatic rings. The summed E-state index contributed by atoms with van der Waals surface area (Å²) in [5, 5.41) is 11.0. The molecule has 9 nitrogen and oxygen atoms in total. The zero-order valence-corrected chi connectivity index (χ0v) is 13.9. The monoisotopic (exact) mass is 359 g/mol. The average molecular weight is 359 g/mol. The van der Waals surface area contributed by atoms with Gasteiger partial charge in [-0.1, -0.05) is 11.8 Å². The normalized spacial score (nSPS) is 10.6. The molecule has 2 aromatic heterocycles. The quantitative estimate of drug-likeness (QED) is 0.305. The zero-order valence-electron chi connectivity index (χ0n) is 13.1. The van der Waals surface area contributed by atoms with Gasteiger partial charge in [0.1, 0.15) is 11.9 Å². The molecule has 25 heavy (non-hydrogen) atoms. The van der Waals surface area contributed by atoms with Crippen molar-refractivity contribution in [3.8, 4) is 17.1 Å². The molecule has 0 bridgehead atoms. The zero-order chi connectivity index (χ0) is 17.8. The van der Waals surface area contributed by atoms with Crippen molar-refractivity contribution in [3.63, 3.8) is 0 Å². The van der Waals surface area contributed by atoms with Gasteiger partial charge >= 0.3 is 5.69 Å². The first-order valence-corrected chi connectivity index (χ1v) is 8.04. The lowest BCUT2D eigenvalue weighted by molar-refractivity contribution is -0.384. The van der Waals surface area contributed by atoms with E-state index in [0.29, 0.717) is 22.6 Å². The number of anilines is 1. The van der Waals surface area contributed by atoms with Crippen molar-refractivity contribution in [1.82, 2.24) is 15.0 Å². The minimum absolute atomic E-state index is 0.172. The van der Waals surface area contributed by atoms with E-state index in [1.807, 2.05) is 24.3 Å². The van der Waals surface area contributed by atoms with Crippen molar-refractivity contribution in [2.75, 3.05) is 12.8 Å². The van der Waals surface area contributed by atoms with Crippen LogP contribution in [0.5, 0.6) is 5.75 Å². The molecule has 10 heteroatoms. The van der Waals surface area contributed by atoms with Gasteiger partial charge in [-0.15, -0.1) is 0 Å². The van der Waals surface area contributed by atoms with Gasteiger partial charge in [-0.3, -0.25) is 10.1 Å². The Morgan fingerprint density at radius 3 is 2.68 bits per heavy atom. The number of nitrogens with zero attached hydrogens (tertiary/aromatic N) is 4. The molecular formula is C15H13N5O4S. The highest BCUT2D eigenvalue weighted by Crippen LogP contribution is 2.27. The predicted octanol–water partition coefficient (Wildman–Crippen LogP) is 2.92. The summed E-state index contributed by atoms with van der Waals surface area (Å²) < 4.78 is 10.8. The molecule has 2 heterocycles. The summed E-state index contributed by atoms with van der Waals surface area (Å²) >= 11 is 1.22. The Balaban J connectivity index is 1.67. The number of thioether (sulfide) groups is 1. The fourth-order valence-electron chi connectivity index (χ4n) is 1.97. The van der Waals surface area contributed by atoms with Gasteiger partial charge in [0.05, 0.1) is 24.0 Å². The molecule has 0 unspecified atom stereocenters. The van der Waals surface area contributed by atoms with Crippen LogP contribution in [0.3, 0.4) is 0 Å². The van der Waals surface area contributed by atoms with Crippen molar-refractivity contribution < 1.29 is 14.1 Å². The van der Waals surface area contributed by atoms with Crippen LogP contribution in [-0.2, 0) is 5.75 Å². The molecule has 0 aliphatic heterocycles. The number of nitro groups is 1. The van der Waals surface area contributed by atoms with Gasteiger partial charge in [-0.2, -0.15) is 4.98 Å². The third kappa shape index (κ3) is 3.86. The molecule has 0 amide bonds. The number of ether oxygens (including phenoxy) is 1. The summed E-state index contributed by atoms with van der Waals surface area (Å²) in [4.78, 5) is 22.1. The number of methoxy groups -OCH3 is 1. The molecule has 0 fully saturated rings. The smallest absolute Gasteiger partial charge is 0.329 e. The molecule has 0 aliphatic carbocycles. The maximum Gasteiger partial charge on any atom is 0.329 e. The molecule has 1 aromatic carbocycles. The number of nitrogens with two attached hydrogens (primary N) is 1. The van der Waals surface area contributed by atoms with E-state index in [1.54, 1.807) is 13.3 Å². The topological polar surface area (TPSA) is 130 Å². The summed E-state index contributed by atoms with van der Waals surface area (Å²) in [6.45, 7) is 0. The van der Waals surface area contributed by atoms with Gasteiger partial charge in [0, 0.05) is 5.56 Å². The summed E-state index contributed by atoms with van der Waals surface area (Å²) in [5.41, 5.74) is 6.10. The Labute approximate surface area is 146 Å². The number of aromatic nitrogens is 3. The molecule has 3 rings (SSSR count). The number of rotatable bonds is 6. The number of benzene rings is 1. The third-order valence-corrected chi connectivity index (χ3v) is 4.07. The molecule has 0 atom stereocenters. The predicted molar refractivity (Wildman–Crippen MR) is 91.2 cm³/mol. The first kappa shape index (κ1) is 16.7. The summed E-state index contributed by atoms with van der Waals surface area (Å²) in [5.74, 6) is 2.06. The van der Waals surface area contributed by atoms with Crippen LogP contribution >= 0.6 is 11.8 Å². The second kappa shape index (κ2) is 7.18. The molecule has 128 valence electrons. The number of oxazole rings is 1. The van der Waals surface area contributed by atoms with E-state index in [0.717, 1.165) is 17.5 Å². The Morgan fingerprint density at radius 1 is 1.28 bits per heavy atom. The van der Waals surface area contributed by atoms with E-state index >= 15 is 0 Å². The van der Waals surface area contributed by atoms with E-state index < -0.39 is 4.92 Å². The number of nitrogen functional groups attached to an aromatic ring is 1. The molecule has 2 N–H and O–H groups in total. The van der Waals surface area contributed by atoms with Crippen LogP contribution in [0, 0.1) is 10.1 Å². The van der Waals surface area contributed by atoms with E-state index in [4.69, 9.17) is 14.9 Å². The lowest BCUT2D eigenvalue weighted by Gasteiger charge is -2.01. The largest absolute Gasteiger partial charge is 0.497 e. The second-order valence-corrected chi connectivity index (χ2v) is 5.76. The van der Waals surface area contributed by atoms with Crippen molar-refractivity contribution in [1.29, 1.82) is 0 Å². The van der Waals surface area contributed by atoms with E-state index in [1.165, 1.54) is 11.8 Å². The fraction of sp³-hybridized carbons (Fsp3) is 0.133. The summed E-state index contributed by atoms with van der Waals surface area (Å²) in [6, 6.07) is 7.41. The lowest BCUT2D eigenvalue weighted by Crippen LogP contribution is -2.01. The maximum atomic E-state index is 10.7. The Bertz CT molecular complexity index is 897. The van der Waals surface area contributed by atoms with Crippen molar-refractivity contribution >= 4 is 23.3 Å². The van der Waals surface area contributed by atoms with Crippen LogP contribution in [0.15, 0.2) is 46.2 Å². The lowest BCUT2D eigenvalue weighted by atomic mass is 10.2. The van der Waals surface area contributed by atoms with Crippen LogP contribution in [-0.4, -0.2) is 27.0 Å². The summed E-state index contributed by atoms with van der Waals surface area (Å²) in [6.07, 6.45) is 2.71.